The maximum atomic E-state index is 13.0. The van der Waals surface area contributed by atoms with E-state index in [1.165, 1.54) is 6.08 Å². The van der Waals surface area contributed by atoms with Crippen LogP contribution in [0.4, 0.5) is 11.4 Å². The van der Waals surface area contributed by atoms with Gasteiger partial charge in [0.25, 0.3) is 5.91 Å². The highest BCUT2D eigenvalue weighted by Crippen LogP contribution is 2.26. The van der Waals surface area contributed by atoms with Crippen molar-refractivity contribution in [2.24, 2.45) is 0 Å². The highest BCUT2D eigenvalue weighted by Gasteiger charge is 2.24. The second-order valence-electron chi connectivity index (χ2n) is 9.06. The van der Waals surface area contributed by atoms with E-state index >= 15 is 0 Å². The summed E-state index contributed by atoms with van der Waals surface area (Å²) in [5.74, 6) is 1.53. The van der Waals surface area contributed by atoms with Gasteiger partial charge in [-0.05, 0) is 60.7 Å². The average molecular weight is 542 g/mol. The second-order valence-corrected chi connectivity index (χ2v) is 9.50. The highest BCUT2D eigenvalue weighted by atomic mass is 35.5. The lowest BCUT2D eigenvalue weighted by Crippen LogP contribution is -2.48. The third-order valence-electron chi connectivity index (χ3n) is 6.54. The van der Waals surface area contributed by atoms with Crippen molar-refractivity contribution in [3.05, 3.63) is 107 Å². The van der Waals surface area contributed by atoms with Gasteiger partial charge in [0.1, 0.15) is 17.3 Å². The van der Waals surface area contributed by atoms with Crippen molar-refractivity contribution in [1.29, 1.82) is 0 Å². The number of halogens is 1. The summed E-state index contributed by atoms with van der Waals surface area (Å²) in [5, 5.41) is 3.37. The summed E-state index contributed by atoms with van der Waals surface area (Å²) in [6.07, 6.45) is 3.10. The molecule has 0 unspecified atom stereocenters. The summed E-state index contributed by atoms with van der Waals surface area (Å²) >= 11 is 6.10. The number of benzene rings is 3. The fourth-order valence-corrected chi connectivity index (χ4v) is 4.65. The molecule has 1 N–H and O–H groups in total. The molecule has 0 atom stereocenters. The van der Waals surface area contributed by atoms with E-state index in [1.807, 2.05) is 71.6 Å². The van der Waals surface area contributed by atoms with Crippen molar-refractivity contribution < 1.29 is 18.7 Å². The van der Waals surface area contributed by atoms with Crippen molar-refractivity contribution in [2.45, 2.75) is 0 Å². The lowest BCUT2D eigenvalue weighted by molar-refractivity contribution is -0.111. The highest BCUT2D eigenvalue weighted by molar-refractivity contribution is 6.31. The largest absolute Gasteiger partial charge is 0.496 e. The first-order valence-electron chi connectivity index (χ1n) is 12.6. The molecule has 5 rings (SSSR count). The summed E-state index contributed by atoms with van der Waals surface area (Å²) in [5.41, 5.74) is 3.17. The molecule has 39 heavy (non-hydrogen) atoms. The Bertz CT molecular complexity index is 1470. The van der Waals surface area contributed by atoms with E-state index in [1.54, 1.807) is 31.4 Å². The van der Waals surface area contributed by atoms with E-state index in [9.17, 15) is 9.59 Å². The van der Waals surface area contributed by atoms with Crippen LogP contribution in [0.5, 0.6) is 5.75 Å². The minimum Gasteiger partial charge on any atom is -0.496 e. The normalized spacial score (nSPS) is 13.5. The molecule has 7 nitrogen and oxygen atoms in total. The molecule has 4 aromatic rings. The Morgan fingerprint density at radius 1 is 0.923 bits per heavy atom. The quantitative estimate of drug-likeness (QED) is 0.281. The molecule has 0 aliphatic carbocycles. The van der Waals surface area contributed by atoms with Crippen LogP contribution in [0.25, 0.3) is 17.4 Å². The molecule has 198 valence electrons. The van der Waals surface area contributed by atoms with Crippen LogP contribution in [0.15, 0.2) is 95.4 Å². The number of carbonyl (C=O) groups excluding carboxylic acids is 2. The van der Waals surface area contributed by atoms with Crippen LogP contribution in [0.3, 0.4) is 0 Å². The van der Waals surface area contributed by atoms with Gasteiger partial charge in [0, 0.05) is 54.2 Å². The lowest BCUT2D eigenvalue weighted by Gasteiger charge is -2.36. The number of carbonyl (C=O) groups is 2. The Hall–Kier alpha value is -4.49. The van der Waals surface area contributed by atoms with Gasteiger partial charge < -0.3 is 24.3 Å². The molecule has 0 radical (unpaired) electrons. The van der Waals surface area contributed by atoms with Crippen molar-refractivity contribution in [3.8, 4) is 17.1 Å². The van der Waals surface area contributed by atoms with E-state index in [4.69, 9.17) is 20.8 Å². The smallest absolute Gasteiger partial charge is 0.257 e. The minimum atomic E-state index is -0.246. The number of piperazine rings is 1. The molecule has 3 aromatic carbocycles. The molecule has 0 spiro atoms. The van der Waals surface area contributed by atoms with Crippen molar-refractivity contribution in [1.82, 2.24) is 4.90 Å². The molecular formula is C31H28ClN3O4. The van der Waals surface area contributed by atoms with E-state index in [0.29, 0.717) is 54.0 Å². The molecule has 1 fully saturated rings. The van der Waals surface area contributed by atoms with E-state index < -0.39 is 0 Å². The predicted molar refractivity (Wildman–Crippen MR) is 154 cm³/mol. The monoisotopic (exact) mass is 541 g/mol. The molecule has 2 heterocycles. The molecule has 2 amide bonds. The van der Waals surface area contributed by atoms with E-state index in [0.717, 1.165) is 17.0 Å². The third-order valence-corrected chi connectivity index (χ3v) is 6.78. The average Bonchev–Trinajstić information content (AvgIpc) is 3.46. The Labute approximate surface area is 232 Å². The van der Waals surface area contributed by atoms with Crippen LogP contribution >= 0.6 is 11.6 Å². The summed E-state index contributed by atoms with van der Waals surface area (Å²) in [7, 11) is 1.54. The van der Waals surface area contributed by atoms with Gasteiger partial charge in [-0.15, -0.1) is 0 Å². The first kappa shape index (κ1) is 26.1. The topological polar surface area (TPSA) is 75.0 Å². The molecule has 1 aromatic heterocycles. The minimum absolute atomic E-state index is 0.0917. The zero-order valence-corrected chi connectivity index (χ0v) is 22.2. The fraction of sp³-hybridized carbons (Fsp3) is 0.161. The standard InChI is InChI=1S/C31H28ClN3O4/c1-38-29-14-7-23(32)21-27(29)31(37)35-19-17-34(18-20-35)25-10-8-24(9-11-25)33-30(36)16-13-26-12-15-28(39-26)22-5-3-2-4-6-22/h2-16,21H,17-20H2,1H3,(H,33,36)/b16-13+. The van der Waals surface area contributed by atoms with E-state index in [-0.39, 0.29) is 11.8 Å². The molecule has 1 saturated heterocycles. The maximum absolute atomic E-state index is 13.0. The van der Waals surface area contributed by atoms with Crippen LogP contribution < -0.4 is 15.0 Å². The van der Waals surface area contributed by atoms with Crippen molar-refractivity contribution >= 4 is 40.9 Å². The number of ether oxygens (including phenoxy) is 1. The number of nitrogens with zero attached hydrogens (tertiary/aromatic N) is 2. The van der Waals surface area contributed by atoms with Gasteiger partial charge in [0.05, 0.1) is 12.7 Å². The van der Waals surface area contributed by atoms with Crippen molar-refractivity contribution in [2.75, 3.05) is 43.5 Å². The first-order chi connectivity index (χ1) is 19.0. The Kier molecular flexibility index (Phi) is 7.99. The number of hydrogen-bond acceptors (Lipinski definition) is 5. The number of nitrogens with one attached hydrogen (secondary N) is 1. The summed E-state index contributed by atoms with van der Waals surface area (Å²) < 4.78 is 11.1. The number of rotatable bonds is 7. The Morgan fingerprint density at radius 3 is 2.38 bits per heavy atom. The van der Waals surface area contributed by atoms with E-state index in [2.05, 4.69) is 10.2 Å². The summed E-state index contributed by atoms with van der Waals surface area (Å²) in [6.45, 7) is 2.54. The number of hydrogen-bond donors (Lipinski definition) is 1. The summed E-state index contributed by atoms with van der Waals surface area (Å²) in [4.78, 5) is 29.5. The fourth-order valence-electron chi connectivity index (χ4n) is 4.48. The van der Waals surface area contributed by atoms with Gasteiger partial charge in [0.2, 0.25) is 5.91 Å². The molecule has 0 saturated carbocycles. The molecular weight excluding hydrogens is 514 g/mol. The first-order valence-corrected chi connectivity index (χ1v) is 13.0. The molecule has 8 heteroatoms. The lowest BCUT2D eigenvalue weighted by atomic mass is 10.1. The second kappa shape index (κ2) is 11.9. The van der Waals surface area contributed by atoms with Gasteiger partial charge in [-0.2, -0.15) is 0 Å². The van der Waals surface area contributed by atoms with Crippen LogP contribution in [0.2, 0.25) is 5.02 Å². The van der Waals surface area contributed by atoms with Crippen molar-refractivity contribution in [3.63, 3.8) is 0 Å². The Morgan fingerprint density at radius 2 is 1.67 bits per heavy atom. The number of anilines is 2. The number of amides is 2. The van der Waals surface area contributed by atoms with Gasteiger partial charge in [-0.25, -0.2) is 0 Å². The zero-order chi connectivity index (χ0) is 27.2. The maximum Gasteiger partial charge on any atom is 0.257 e. The van der Waals surface area contributed by atoms with Gasteiger partial charge in [-0.1, -0.05) is 41.9 Å². The van der Waals surface area contributed by atoms with Gasteiger partial charge in [0.15, 0.2) is 0 Å². The van der Waals surface area contributed by atoms with Crippen LogP contribution in [0, 0.1) is 0 Å². The van der Waals surface area contributed by atoms with Gasteiger partial charge in [-0.3, -0.25) is 9.59 Å². The van der Waals surface area contributed by atoms with Gasteiger partial charge >= 0.3 is 0 Å². The molecule has 0 bridgehead atoms. The number of methoxy groups -OCH3 is 1. The molecule has 1 aliphatic heterocycles. The van der Waals surface area contributed by atoms with Crippen LogP contribution in [-0.2, 0) is 4.79 Å². The SMILES string of the molecule is COc1ccc(Cl)cc1C(=O)N1CCN(c2ccc(NC(=O)/C=C/c3ccc(-c4ccccc4)o3)cc2)CC1. The Balaban J connectivity index is 1.13. The summed E-state index contributed by atoms with van der Waals surface area (Å²) in [6, 6.07) is 26.3. The predicted octanol–water partition coefficient (Wildman–Crippen LogP) is 6.22. The molecule has 1 aliphatic rings. The van der Waals surface area contributed by atoms with Crippen LogP contribution in [-0.4, -0.2) is 50.0 Å². The number of furan rings is 1. The third kappa shape index (κ3) is 6.33. The zero-order valence-electron chi connectivity index (χ0n) is 21.5. The van der Waals surface area contributed by atoms with Crippen LogP contribution in [0.1, 0.15) is 16.1 Å².